The number of aromatic nitrogens is 3. The van der Waals surface area contributed by atoms with Gasteiger partial charge in [0.2, 0.25) is 0 Å². The van der Waals surface area contributed by atoms with Crippen molar-refractivity contribution < 1.29 is 0 Å². The summed E-state index contributed by atoms with van der Waals surface area (Å²) in [5.41, 5.74) is 8.05. The molecule has 0 saturated heterocycles. The Morgan fingerprint density at radius 2 is 2.24 bits per heavy atom. The summed E-state index contributed by atoms with van der Waals surface area (Å²) in [6.07, 6.45) is 6.83. The summed E-state index contributed by atoms with van der Waals surface area (Å²) < 4.78 is 1.51. The summed E-state index contributed by atoms with van der Waals surface area (Å²) >= 11 is 0. The first kappa shape index (κ1) is 10.5. The van der Waals surface area contributed by atoms with Crippen molar-refractivity contribution in [3.63, 3.8) is 0 Å². The van der Waals surface area contributed by atoms with Gasteiger partial charge in [0.05, 0.1) is 5.69 Å². The Morgan fingerprint density at radius 3 is 2.94 bits per heavy atom. The minimum Gasteiger partial charge on any atom is -0.325 e. The van der Waals surface area contributed by atoms with E-state index in [9.17, 15) is 4.79 Å². The highest BCUT2D eigenvalue weighted by molar-refractivity contribution is 5.49. The number of rotatable bonds is 2. The highest BCUT2D eigenvalue weighted by atomic mass is 16.1. The van der Waals surface area contributed by atoms with Crippen LogP contribution in [0.15, 0.2) is 17.1 Å². The fourth-order valence-electron chi connectivity index (χ4n) is 2.69. The molecule has 5 nitrogen and oxygen atoms in total. The van der Waals surface area contributed by atoms with Crippen molar-refractivity contribution in [1.82, 2.24) is 14.6 Å². The molecule has 0 atom stereocenters. The van der Waals surface area contributed by atoms with Crippen LogP contribution in [0.25, 0.3) is 5.65 Å². The molecule has 0 aromatic carbocycles. The van der Waals surface area contributed by atoms with Gasteiger partial charge < -0.3 is 5.73 Å². The zero-order chi connectivity index (χ0) is 11.8. The number of nitrogens with one attached hydrogen (secondary N) is 1. The molecule has 0 spiro atoms. The standard InChI is InChI=1S/C12H16N4O/c13-6-9-5-11(17)16-12(15-9)10(7-14-16)8-3-1-2-4-8/h5,7-8,14H,1-4,6,13H2. The maximum Gasteiger partial charge on any atom is 0.272 e. The zero-order valence-electron chi connectivity index (χ0n) is 9.65. The van der Waals surface area contributed by atoms with Crippen LogP contribution >= 0.6 is 0 Å². The lowest BCUT2D eigenvalue weighted by Gasteiger charge is -2.06. The minimum atomic E-state index is -0.0836. The molecule has 3 rings (SSSR count). The Labute approximate surface area is 98.6 Å². The van der Waals surface area contributed by atoms with Crippen LogP contribution in [-0.2, 0) is 6.54 Å². The highest BCUT2D eigenvalue weighted by Crippen LogP contribution is 2.35. The lowest BCUT2D eigenvalue weighted by Crippen LogP contribution is -2.17. The third-order valence-corrected chi connectivity index (χ3v) is 3.58. The minimum absolute atomic E-state index is 0.0836. The second-order valence-corrected chi connectivity index (χ2v) is 4.66. The second-order valence-electron chi connectivity index (χ2n) is 4.66. The average Bonchev–Trinajstić information content (AvgIpc) is 2.96. The molecule has 1 aliphatic rings. The van der Waals surface area contributed by atoms with Gasteiger partial charge in [-0.1, -0.05) is 12.8 Å². The zero-order valence-corrected chi connectivity index (χ0v) is 9.65. The van der Waals surface area contributed by atoms with E-state index >= 15 is 0 Å². The maximum atomic E-state index is 11.8. The van der Waals surface area contributed by atoms with Gasteiger partial charge in [-0.15, -0.1) is 0 Å². The molecule has 17 heavy (non-hydrogen) atoms. The second kappa shape index (κ2) is 4.00. The Balaban J connectivity index is 2.19. The van der Waals surface area contributed by atoms with Crippen LogP contribution in [0.4, 0.5) is 0 Å². The van der Waals surface area contributed by atoms with Crippen LogP contribution in [0.3, 0.4) is 0 Å². The monoisotopic (exact) mass is 232 g/mol. The van der Waals surface area contributed by atoms with Gasteiger partial charge >= 0.3 is 0 Å². The van der Waals surface area contributed by atoms with E-state index in [1.165, 1.54) is 36.3 Å². The van der Waals surface area contributed by atoms with Crippen LogP contribution in [-0.4, -0.2) is 14.6 Å². The van der Waals surface area contributed by atoms with Gasteiger partial charge in [-0.25, -0.2) is 9.50 Å². The van der Waals surface area contributed by atoms with E-state index < -0.39 is 0 Å². The fourth-order valence-corrected chi connectivity index (χ4v) is 2.69. The van der Waals surface area contributed by atoms with Crippen LogP contribution in [0, 0.1) is 0 Å². The number of nitrogens with zero attached hydrogens (tertiary/aromatic N) is 2. The largest absolute Gasteiger partial charge is 0.325 e. The van der Waals surface area contributed by atoms with Crippen molar-refractivity contribution in [2.75, 3.05) is 0 Å². The number of hydrogen-bond donors (Lipinski definition) is 2. The molecule has 2 aromatic heterocycles. The summed E-state index contributed by atoms with van der Waals surface area (Å²) in [6.45, 7) is 0.307. The van der Waals surface area contributed by atoms with E-state index in [0.29, 0.717) is 18.2 Å². The number of hydrogen-bond acceptors (Lipinski definition) is 3. The lowest BCUT2D eigenvalue weighted by molar-refractivity contribution is 0.726. The predicted molar refractivity (Wildman–Crippen MR) is 64.9 cm³/mol. The van der Waals surface area contributed by atoms with Crippen LogP contribution in [0.2, 0.25) is 0 Å². The van der Waals surface area contributed by atoms with Gasteiger partial charge in [-0.2, -0.15) is 0 Å². The lowest BCUT2D eigenvalue weighted by atomic mass is 10.0. The quantitative estimate of drug-likeness (QED) is 0.815. The van der Waals surface area contributed by atoms with Gasteiger partial charge in [0.1, 0.15) is 0 Å². The molecule has 0 aliphatic heterocycles. The molecular formula is C12H16N4O. The predicted octanol–water partition coefficient (Wildman–Crippen LogP) is 1.14. The van der Waals surface area contributed by atoms with Crippen molar-refractivity contribution in [3.05, 3.63) is 33.9 Å². The fraction of sp³-hybridized carbons (Fsp3) is 0.500. The normalized spacial score (nSPS) is 17.0. The van der Waals surface area contributed by atoms with Gasteiger partial charge in [-0.3, -0.25) is 9.89 Å². The number of fused-ring (bicyclic) bond motifs is 1. The van der Waals surface area contributed by atoms with Crippen molar-refractivity contribution in [3.8, 4) is 0 Å². The summed E-state index contributed by atoms with van der Waals surface area (Å²) in [7, 11) is 0. The van der Waals surface area contributed by atoms with E-state index in [-0.39, 0.29) is 5.56 Å². The molecule has 0 unspecified atom stereocenters. The molecular weight excluding hydrogens is 216 g/mol. The molecule has 1 saturated carbocycles. The molecule has 90 valence electrons. The summed E-state index contributed by atoms with van der Waals surface area (Å²) in [6, 6.07) is 1.49. The molecule has 2 aromatic rings. The first-order valence-electron chi connectivity index (χ1n) is 6.09. The molecule has 2 heterocycles. The smallest absolute Gasteiger partial charge is 0.272 e. The van der Waals surface area contributed by atoms with E-state index in [4.69, 9.17) is 5.73 Å². The molecule has 0 amide bonds. The maximum absolute atomic E-state index is 11.8. The third-order valence-electron chi connectivity index (χ3n) is 3.58. The summed E-state index contributed by atoms with van der Waals surface area (Å²) in [4.78, 5) is 16.3. The Morgan fingerprint density at radius 1 is 1.47 bits per heavy atom. The summed E-state index contributed by atoms with van der Waals surface area (Å²) in [5, 5.41) is 2.99. The number of aromatic amines is 1. The van der Waals surface area contributed by atoms with Crippen molar-refractivity contribution in [2.45, 2.75) is 38.1 Å². The number of H-pyrrole nitrogens is 1. The first-order chi connectivity index (χ1) is 8.29. The Hall–Kier alpha value is -1.62. The SMILES string of the molecule is NCc1cc(=O)n2[nH]cc(C3CCCC3)c2n1. The molecule has 1 aliphatic carbocycles. The van der Waals surface area contributed by atoms with Crippen LogP contribution in [0.1, 0.15) is 42.9 Å². The Bertz CT molecular complexity index is 592. The number of nitrogens with two attached hydrogens (primary N) is 1. The molecule has 5 heteroatoms. The average molecular weight is 232 g/mol. The molecule has 0 radical (unpaired) electrons. The molecule has 1 fully saturated rings. The Kier molecular flexibility index (Phi) is 2.48. The van der Waals surface area contributed by atoms with Gasteiger partial charge in [0, 0.05) is 24.4 Å². The van der Waals surface area contributed by atoms with Gasteiger partial charge in [-0.05, 0) is 18.8 Å². The van der Waals surface area contributed by atoms with Gasteiger partial charge in [0.15, 0.2) is 5.65 Å². The molecule has 3 N–H and O–H groups in total. The van der Waals surface area contributed by atoms with E-state index in [0.717, 1.165) is 11.2 Å². The highest BCUT2D eigenvalue weighted by Gasteiger charge is 2.21. The first-order valence-corrected chi connectivity index (χ1v) is 6.09. The van der Waals surface area contributed by atoms with Gasteiger partial charge in [0.25, 0.3) is 5.56 Å². The van der Waals surface area contributed by atoms with E-state index in [1.807, 2.05) is 6.20 Å². The van der Waals surface area contributed by atoms with E-state index in [1.54, 1.807) is 0 Å². The van der Waals surface area contributed by atoms with E-state index in [2.05, 4.69) is 10.1 Å². The van der Waals surface area contributed by atoms with Crippen LogP contribution < -0.4 is 11.3 Å². The van der Waals surface area contributed by atoms with Crippen LogP contribution in [0.5, 0.6) is 0 Å². The van der Waals surface area contributed by atoms with Crippen molar-refractivity contribution in [1.29, 1.82) is 0 Å². The van der Waals surface area contributed by atoms with Crippen molar-refractivity contribution >= 4 is 5.65 Å². The topological polar surface area (TPSA) is 76.2 Å². The summed E-state index contributed by atoms with van der Waals surface area (Å²) in [5.74, 6) is 0.538. The third kappa shape index (κ3) is 1.67. The molecule has 0 bridgehead atoms. The van der Waals surface area contributed by atoms with Crippen molar-refractivity contribution in [2.24, 2.45) is 5.73 Å².